The second kappa shape index (κ2) is 8.83. The lowest BCUT2D eigenvalue weighted by molar-refractivity contribution is -0.117. The molecule has 0 bridgehead atoms. The number of amides is 1. The zero-order valence-corrected chi connectivity index (χ0v) is 17.2. The Morgan fingerprint density at radius 1 is 1.27 bits per heavy atom. The molecule has 0 N–H and O–H groups in total. The number of rotatable bonds is 7. The van der Waals surface area contributed by atoms with Gasteiger partial charge in [-0.25, -0.2) is 4.39 Å². The zero-order chi connectivity index (χ0) is 21.1. The number of unbranched alkanes of at least 4 members (excludes halogenated alkanes) is 1. The molecule has 2 aromatic carbocycles. The van der Waals surface area contributed by atoms with Gasteiger partial charge in [-0.1, -0.05) is 30.1 Å². The van der Waals surface area contributed by atoms with E-state index in [0.29, 0.717) is 30.6 Å². The molecule has 3 aromatic rings. The van der Waals surface area contributed by atoms with Crippen LogP contribution in [0.4, 0.5) is 10.1 Å². The van der Waals surface area contributed by atoms with E-state index >= 15 is 0 Å². The minimum atomic E-state index is -0.448. The number of hydrogen-bond donors (Lipinski definition) is 0. The summed E-state index contributed by atoms with van der Waals surface area (Å²) >= 11 is 6.11. The van der Waals surface area contributed by atoms with Crippen LogP contribution in [0.15, 0.2) is 47.0 Å². The third kappa shape index (κ3) is 4.31. The Kier molecular flexibility index (Phi) is 5.99. The number of halogens is 2. The van der Waals surface area contributed by atoms with Crippen LogP contribution in [0.3, 0.4) is 0 Å². The first-order valence-electron chi connectivity index (χ1n) is 9.87. The van der Waals surface area contributed by atoms with Gasteiger partial charge in [-0.05, 0) is 48.9 Å². The summed E-state index contributed by atoms with van der Waals surface area (Å²) in [6, 6.07) is 11.4. The molecule has 0 spiro atoms. The molecule has 0 radical (unpaired) electrons. The highest BCUT2D eigenvalue weighted by molar-refractivity contribution is 6.33. The first kappa shape index (κ1) is 20.3. The first-order chi connectivity index (χ1) is 14.5. The lowest BCUT2D eigenvalue weighted by Crippen LogP contribution is -2.24. The van der Waals surface area contributed by atoms with E-state index in [1.54, 1.807) is 0 Å². The fraction of sp³-hybridized carbons (Fsp3) is 0.318. The second-order valence-electron chi connectivity index (χ2n) is 7.19. The van der Waals surface area contributed by atoms with Crippen molar-refractivity contribution in [1.29, 1.82) is 0 Å². The number of ether oxygens (including phenoxy) is 1. The van der Waals surface area contributed by atoms with E-state index in [1.165, 1.54) is 23.1 Å². The molecule has 30 heavy (non-hydrogen) atoms. The predicted octanol–water partition coefficient (Wildman–Crippen LogP) is 5.23. The van der Waals surface area contributed by atoms with Gasteiger partial charge in [0.05, 0.1) is 17.3 Å². The summed E-state index contributed by atoms with van der Waals surface area (Å²) in [7, 11) is 0. The number of carbonyl (C=O) groups excluding carboxylic acids is 1. The molecule has 1 unspecified atom stereocenters. The predicted molar refractivity (Wildman–Crippen MR) is 111 cm³/mol. The van der Waals surface area contributed by atoms with Gasteiger partial charge in [0.1, 0.15) is 11.6 Å². The van der Waals surface area contributed by atoms with E-state index < -0.39 is 5.82 Å². The maximum atomic E-state index is 13.3. The summed E-state index contributed by atoms with van der Waals surface area (Å²) < 4.78 is 24.4. The molecule has 0 aliphatic carbocycles. The minimum Gasteiger partial charge on any atom is -0.494 e. The summed E-state index contributed by atoms with van der Waals surface area (Å²) in [6.45, 7) is 3.16. The molecule has 1 aromatic heterocycles. The molecule has 1 atom stereocenters. The fourth-order valence-corrected chi connectivity index (χ4v) is 3.63. The third-order valence-corrected chi connectivity index (χ3v) is 5.30. The van der Waals surface area contributed by atoms with Crippen LogP contribution < -0.4 is 9.64 Å². The number of hydrogen-bond acceptors (Lipinski definition) is 5. The van der Waals surface area contributed by atoms with E-state index in [2.05, 4.69) is 17.1 Å². The first-order valence-corrected chi connectivity index (χ1v) is 10.2. The molecular weight excluding hydrogens is 409 g/mol. The van der Waals surface area contributed by atoms with Crippen molar-refractivity contribution in [1.82, 2.24) is 10.1 Å². The van der Waals surface area contributed by atoms with Crippen molar-refractivity contribution in [3.63, 3.8) is 0 Å². The highest BCUT2D eigenvalue weighted by Gasteiger charge is 2.35. The van der Waals surface area contributed by atoms with Gasteiger partial charge in [0.25, 0.3) is 5.89 Å². The van der Waals surface area contributed by atoms with Crippen molar-refractivity contribution in [3.05, 3.63) is 59.1 Å². The van der Waals surface area contributed by atoms with Crippen molar-refractivity contribution in [2.24, 2.45) is 0 Å². The summed E-state index contributed by atoms with van der Waals surface area (Å²) in [5.74, 6) is 0.844. The van der Waals surface area contributed by atoms with Gasteiger partial charge in [-0.3, -0.25) is 4.79 Å². The molecular formula is C22H21ClFN3O3. The Morgan fingerprint density at radius 2 is 2.07 bits per heavy atom. The van der Waals surface area contributed by atoms with Crippen LogP contribution in [0.2, 0.25) is 5.02 Å². The van der Waals surface area contributed by atoms with E-state index in [4.69, 9.17) is 20.9 Å². The topological polar surface area (TPSA) is 68.5 Å². The van der Waals surface area contributed by atoms with Gasteiger partial charge in [-0.2, -0.15) is 4.98 Å². The normalized spacial score (nSPS) is 16.3. The van der Waals surface area contributed by atoms with Gasteiger partial charge in [-0.15, -0.1) is 0 Å². The van der Waals surface area contributed by atoms with Crippen molar-refractivity contribution in [3.8, 4) is 17.2 Å². The van der Waals surface area contributed by atoms with Crippen LogP contribution in [0.5, 0.6) is 5.75 Å². The van der Waals surface area contributed by atoms with Crippen molar-refractivity contribution < 1.29 is 18.4 Å². The zero-order valence-electron chi connectivity index (χ0n) is 16.5. The molecule has 1 fully saturated rings. The average molecular weight is 430 g/mol. The Hall–Kier alpha value is -2.93. The lowest BCUT2D eigenvalue weighted by atomic mass is 10.1. The van der Waals surface area contributed by atoms with Crippen LogP contribution in [0, 0.1) is 5.82 Å². The van der Waals surface area contributed by atoms with Crippen LogP contribution >= 0.6 is 11.6 Å². The van der Waals surface area contributed by atoms with Crippen LogP contribution in [-0.4, -0.2) is 29.2 Å². The smallest absolute Gasteiger partial charge is 0.257 e. The van der Waals surface area contributed by atoms with Crippen LogP contribution in [0.25, 0.3) is 11.5 Å². The van der Waals surface area contributed by atoms with Crippen LogP contribution in [-0.2, 0) is 4.79 Å². The van der Waals surface area contributed by atoms with Gasteiger partial charge in [0.2, 0.25) is 5.91 Å². The Labute approximate surface area is 178 Å². The Morgan fingerprint density at radius 3 is 2.80 bits per heavy atom. The van der Waals surface area contributed by atoms with Gasteiger partial charge in [0, 0.05) is 24.4 Å². The van der Waals surface area contributed by atoms with Gasteiger partial charge >= 0.3 is 0 Å². The van der Waals surface area contributed by atoms with E-state index in [0.717, 1.165) is 24.2 Å². The summed E-state index contributed by atoms with van der Waals surface area (Å²) in [4.78, 5) is 18.5. The highest BCUT2D eigenvalue weighted by Crippen LogP contribution is 2.35. The highest BCUT2D eigenvalue weighted by atomic mass is 35.5. The number of carbonyl (C=O) groups is 1. The van der Waals surface area contributed by atoms with Gasteiger partial charge < -0.3 is 14.2 Å². The van der Waals surface area contributed by atoms with E-state index in [9.17, 15) is 9.18 Å². The minimum absolute atomic E-state index is 0.117. The largest absolute Gasteiger partial charge is 0.494 e. The lowest BCUT2D eigenvalue weighted by Gasteiger charge is -2.17. The quantitative estimate of drug-likeness (QED) is 0.481. The molecule has 1 aliphatic heterocycles. The van der Waals surface area contributed by atoms with Crippen LogP contribution in [0.1, 0.15) is 37.9 Å². The fourth-order valence-electron chi connectivity index (χ4n) is 3.36. The molecule has 156 valence electrons. The second-order valence-corrected chi connectivity index (χ2v) is 7.59. The standard InChI is InChI=1S/C22H21ClFN3O3/c1-2-3-10-29-17-7-4-14(5-8-17)22-25-21(26-30-22)15-11-20(28)27(13-15)19-9-6-16(24)12-18(19)23/h4-9,12,15H,2-3,10-11,13H2,1H3. The number of nitrogens with zero attached hydrogens (tertiary/aromatic N) is 3. The van der Waals surface area contributed by atoms with Crippen molar-refractivity contribution in [2.45, 2.75) is 32.1 Å². The Balaban J connectivity index is 1.46. The monoisotopic (exact) mass is 429 g/mol. The molecule has 6 nitrogen and oxygen atoms in total. The number of benzene rings is 2. The maximum Gasteiger partial charge on any atom is 0.257 e. The molecule has 2 heterocycles. The summed E-state index contributed by atoms with van der Waals surface area (Å²) in [5, 5.41) is 4.26. The molecule has 0 saturated carbocycles. The third-order valence-electron chi connectivity index (χ3n) is 5.00. The van der Waals surface area contributed by atoms with Crippen molar-refractivity contribution >= 4 is 23.2 Å². The molecule has 1 aliphatic rings. The number of aromatic nitrogens is 2. The average Bonchev–Trinajstić information content (AvgIpc) is 3.36. The SMILES string of the molecule is CCCCOc1ccc(-c2nc(C3CC(=O)N(c4ccc(F)cc4Cl)C3)no2)cc1. The van der Waals surface area contributed by atoms with E-state index in [1.807, 2.05) is 24.3 Å². The van der Waals surface area contributed by atoms with Gasteiger partial charge in [0.15, 0.2) is 5.82 Å². The summed E-state index contributed by atoms with van der Waals surface area (Å²) in [6.07, 6.45) is 2.32. The molecule has 1 amide bonds. The molecule has 4 rings (SSSR count). The molecule has 1 saturated heterocycles. The Bertz CT molecular complexity index is 1040. The van der Waals surface area contributed by atoms with E-state index in [-0.39, 0.29) is 23.3 Å². The summed E-state index contributed by atoms with van der Waals surface area (Å²) in [5.41, 5.74) is 1.26. The van der Waals surface area contributed by atoms with Crippen molar-refractivity contribution in [2.75, 3.05) is 18.1 Å². The maximum absolute atomic E-state index is 13.3. The molecule has 8 heteroatoms. The number of anilines is 1.